The van der Waals surface area contributed by atoms with E-state index >= 15 is 0 Å². The third kappa shape index (κ3) is 3.57. The quantitative estimate of drug-likeness (QED) is 0.281. The Hall–Kier alpha value is -1.33. The molecule has 0 aliphatic rings. The van der Waals surface area contributed by atoms with E-state index in [0.717, 1.165) is 0 Å². The van der Waals surface area contributed by atoms with Crippen molar-refractivity contribution in [3.8, 4) is 18.1 Å². The number of nitro groups is 1. The summed E-state index contributed by atoms with van der Waals surface area (Å²) in [6.07, 6.45) is 5.68. The molecule has 0 aromatic heterocycles. The number of phenols is 1. The van der Waals surface area contributed by atoms with Gasteiger partial charge in [0.1, 0.15) is 5.75 Å². The molecule has 0 amide bonds. The van der Waals surface area contributed by atoms with Crippen molar-refractivity contribution in [3.63, 3.8) is 0 Å². The van der Waals surface area contributed by atoms with Crippen LogP contribution in [0.5, 0.6) is 5.75 Å². The van der Waals surface area contributed by atoms with E-state index in [1.807, 2.05) is 22.6 Å². The number of terminal acetylenes is 1. The highest BCUT2D eigenvalue weighted by atomic mass is 127. The molecule has 0 heterocycles. The van der Waals surface area contributed by atoms with Crippen LogP contribution in [-0.4, -0.2) is 16.6 Å². The summed E-state index contributed by atoms with van der Waals surface area (Å²) in [5.74, 6) is 2.53. The first-order chi connectivity index (χ1) is 8.07. The molecule has 1 rings (SSSR count). The molecule has 0 radical (unpaired) electrons. The maximum Gasteiger partial charge on any atom is 0.283 e. The molecule has 0 atom stereocenters. The van der Waals surface area contributed by atoms with Gasteiger partial charge in [0.15, 0.2) is 0 Å². The van der Waals surface area contributed by atoms with E-state index in [-0.39, 0.29) is 11.4 Å². The van der Waals surface area contributed by atoms with Crippen LogP contribution in [0.3, 0.4) is 0 Å². The van der Waals surface area contributed by atoms with E-state index in [2.05, 4.69) is 11.2 Å². The van der Waals surface area contributed by atoms with Crippen LogP contribution in [-0.2, 0) is 6.54 Å². The average Bonchev–Trinajstić information content (AvgIpc) is 2.27. The SMILES string of the molecule is C#CCCNCc1c(O)ccc([N+](=O)[O-])c1I. The number of nitro benzene ring substituents is 1. The molecule has 5 nitrogen and oxygen atoms in total. The summed E-state index contributed by atoms with van der Waals surface area (Å²) in [7, 11) is 0. The molecule has 2 N–H and O–H groups in total. The number of phenolic OH excluding ortho intramolecular Hbond substituents is 1. The van der Waals surface area contributed by atoms with Crippen molar-refractivity contribution in [2.75, 3.05) is 6.54 Å². The van der Waals surface area contributed by atoms with Gasteiger partial charge >= 0.3 is 0 Å². The lowest BCUT2D eigenvalue weighted by Crippen LogP contribution is -2.15. The first-order valence-electron chi connectivity index (χ1n) is 4.86. The van der Waals surface area contributed by atoms with E-state index in [0.29, 0.717) is 28.6 Å². The normalized spacial score (nSPS) is 9.88. The fraction of sp³-hybridized carbons (Fsp3) is 0.273. The molecule has 0 aliphatic carbocycles. The Morgan fingerprint density at radius 1 is 1.59 bits per heavy atom. The van der Waals surface area contributed by atoms with Crippen molar-refractivity contribution < 1.29 is 10.0 Å². The molecule has 0 unspecified atom stereocenters. The van der Waals surface area contributed by atoms with Gasteiger partial charge in [-0.05, 0) is 28.7 Å². The van der Waals surface area contributed by atoms with Crippen LogP contribution in [0.2, 0.25) is 0 Å². The van der Waals surface area contributed by atoms with Crippen molar-refractivity contribution in [1.29, 1.82) is 0 Å². The second kappa shape index (κ2) is 6.42. The molecule has 0 bridgehead atoms. The third-order valence-corrected chi connectivity index (χ3v) is 3.35. The number of halogens is 1. The molecule has 0 saturated heterocycles. The van der Waals surface area contributed by atoms with Crippen LogP contribution in [0.4, 0.5) is 5.69 Å². The Morgan fingerprint density at radius 3 is 2.88 bits per heavy atom. The van der Waals surface area contributed by atoms with Crippen LogP contribution >= 0.6 is 22.6 Å². The van der Waals surface area contributed by atoms with Gasteiger partial charge in [0.05, 0.1) is 8.49 Å². The molecular weight excluding hydrogens is 335 g/mol. The Morgan fingerprint density at radius 2 is 2.29 bits per heavy atom. The molecule has 90 valence electrons. The topological polar surface area (TPSA) is 75.4 Å². The lowest BCUT2D eigenvalue weighted by Gasteiger charge is -2.08. The summed E-state index contributed by atoms with van der Waals surface area (Å²) in [4.78, 5) is 10.3. The minimum Gasteiger partial charge on any atom is -0.508 e. The van der Waals surface area contributed by atoms with Gasteiger partial charge in [-0.3, -0.25) is 10.1 Å². The second-order valence-electron chi connectivity index (χ2n) is 3.28. The summed E-state index contributed by atoms with van der Waals surface area (Å²) < 4.78 is 0.445. The summed E-state index contributed by atoms with van der Waals surface area (Å²) in [6, 6.07) is 2.63. The van der Waals surface area contributed by atoms with Crippen molar-refractivity contribution in [2.24, 2.45) is 0 Å². The first-order valence-corrected chi connectivity index (χ1v) is 5.94. The smallest absolute Gasteiger partial charge is 0.283 e. The Balaban J connectivity index is 2.87. The Bertz CT molecular complexity index is 469. The maximum atomic E-state index is 10.7. The standard InChI is InChI=1S/C11H11IN2O3/c1-2-3-6-13-7-8-10(15)5-4-9(11(8)12)14(16)17/h1,4-5,13,15H,3,6-7H2. The van der Waals surface area contributed by atoms with Gasteiger partial charge in [-0.25, -0.2) is 0 Å². The zero-order chi connectivity index (χ0) is 12.8. The third-order valence-electron chi connectivity index (χ3n) is 2.14. The van der Waals surface area contributed by atoms with Crippen molar-refractivity contribution >= 4 is 28.3 Å². The highest BCUT2D eigenvalue weighted by molar-refractivity contribution is 14.1. The number of nitrogens with one attached hydrogen (secondary N) is 1. The highest BCUT2D eigenvalue weighted by Crippen LogP contribution is 2.30. The minimum atomic E-state index is -0.466. The molecule has 0 fully saturated rings. The predicted molar refractivity (Wildman–Crippen MR) is 72.6 cm³/mol. The number of benzene rings is 1. The Kier molecular flexibility index (Phi) is 5.18. The van der Waals surface area contributed by atoms with Gasteiger partial charge in [0.2, 0.25) is 0 Å². The van der Waals surface area contributed by atoms with Crippen molar-refractivity contribution in [3.05, 3.63) is 31.4 Å². The fourth-order valence-corrected chi connectivity index (χ4v) is 2.13. The van der Waals surface area contributed by atoms with Gasteiger partial charge < -0.3 is 10.4 Å². The zero-order valence-corrected chi connectivity index (χ0v) is 11.1. The zero-order valence-electron chi connectivity index (χ0n) is 8.94. The van der Waals surface area contributed by atoms with Gasteiger partial charge in [-0.15, -0.1) is 12.3 Å². The number of hydrogen-bond donors (Lipinski definition) is 2. The van der Waals surface area contributed by atoms with Gasteiger partial charge in [0, 0.05) is 31.1 Å². The molecule has 17 heavy (non-hydrogen) atoms. The number of aromatic hydroxyl groups is 1. The molecule has 1 aromatic carbocycles. The number of rotatable bonds is 5. The van der Waals surface area contributed by atoms with E-state index in [1.165, 1.54) is 12.1 Å². The summed E-state index contributed by atoms with van der Waals surface area (Å²) in [6.45, 7) is 0.960. The summed E-state index contributed by atoms with van der Waals surface area (Å²) in [5.41, 5.74) is 0.522. The number of nitrogens with zero attached hydrogens (tertiary/aromatic N) is 1. The largest absolute Gasteiger partial charge is 0.508 e. The molecule has 1 aromatic rings. The molecule has 6 heteroatoms. The van der Waals surface area contributed by atoms with Crippen LogP contribution in [0.25, 0.3) is 0 Å². The number of hydrogen-bond acceptors (Lipinski definition) is 4. The van der Waals surface area contributed by atoms with Crippen molar-refractivity contribution in [1.82, 2.24) is 5.32 Å². The summed E-state index contributed by atoms with van der Waals surface area (Å²) >= 11 is 1.86. The molecule has 0 aliphatic heterocycles. The highest BCUT2D eigenvalue weighted by Gasteiger charge is 2.17. The molecule has 0 spiro atoms. The first kappa shape index (κ1) is 13.7. The lowest BCUT2D eigenvalue weighted by molar-refractivity contribution is -0.385. The average molecular weight is 346 g/mol. The van der Waals surface area contributed by atoms with Crippen LogP contribution in [0.1, 0.15) is 12.0 Å². The van der Waals surface area contributed by atoms with Gasteiger partial charge in [0.25, 0.3) is 5.69 Å². The predicted octanol–water partition coefficient (Wildman–Crippen LogP) is 2.02. The van der Waals surface area contributed by atoms with E-state index < -0.39 is 4.92 Å². The fourth-order valence-electron chi connectivity index (χ4n) is 1.28. The summed E-state index contributed by atoms with van der Waals surface area (Å²) in [5, 5.41) is 23.4. The van der Waals surface area contributed by atoms with Gasteiger partial charge in [-0.1, -0.05) is 0 Å². The van der Waals surface area contributed by atoms with E-state index in [9.17, 15) is 15.2 Å². The van der Waals surface area contributed by atoms with Crippen molar-refractivity contribution in [2.45, 2.75) is 13.0 Å². The monoisotopic (exact) mass is 346 g/mol. The van der Waals surface area contributed by atoms with Crippen LogP contribution in [0, 0.1) is 26.0 Å². The maximum absolute atomic E-state index is 10.7. The minimum absolute atomic E-state index is 0.00264. The van der Waals surface area contributed by atoms with E-state index in [1.54, 1.807) is 0 Å². The second-order valence-corrected chi connectivity index (χ2v) is 4.36. The Labute approximate surface area is 113 Å². The van der Waals surface area contributed by atoms with Crippen LogP contribution < -0.4 is 5.32 Å². The molecule has 0 saturated carbocycles. The van der Waals surface area contributed by atoms with Crippen LogP contribution in [0.15, 0.2) is 12.1 Å². The van der Waals surface area contributed by atoms with E-state index in [4.69, 9.17) is 6.42 Å². The lowest BCUT2D eigenvalue weighted by atomic mass is 10.1. The van der Waals surface area contributed by atoms with Gasteiger partial charge in [-0.2, -0.15) is 0 Å². The molecular formula is C11H11IN2O3.